The molecule has 5 nitrogen and oxygen atoms in total. The van der Waals surface area contributed by atoms with Crippen molar-refractivity contribution in [3.63, 3.8) is 0 Å². The van der Waals surface area contributed by atoms with E-state index in [1.54, 1.807) is 0 Å². The normalized spacial score (nSPS) is 17.5. The highest BCUT2D eigenvalue weighted by molar-refractivity contribution is 6.00. The molecule has 146 valence electrons. The second kappa shape index (κ2) is 12.3. The Balaban J connectivity index is 2.40. The van der Waals surface area contributed by atoms with Crippen LogP contribution < -0.4 is 0 Å². The first-order valence-electron chi connectivity index (χ1n) is 10.1. The maximum Gasteiger partial charge on any atom is 0.323 e. The number of carbonyl (C=O) groups is 2. The minimum atomic E-state index is -1.18. The Labute approximate surface area is 152 Å². The van der Waals surface area contributed by atoms with Gasteiger partial charge in [-0.3, -0.25) is 9.59 Å². The maximum absolute atomic E-state index is 12.6. The van der Waals surface area contributed by atoms with Gasteiger partial charge < -0.3 is 14.2 Å². The van der Waals surface area contributed by atoms with Crippen molar-refractivity contribution in [2.75, 3.05) is 19.8 Å². The Kier molecular flexibility index (Phi) is 10.8. The molecule has 0 spiro atoms. The van der Waals surface area contributed by atoms with Gasteiger partial charge in [0.2, 0.25) is 0 Å². The van der Waals surface area contributed by atoms with Crippen molar-refractivity contribution < 1.29 is 23.8 Å². The Hall–Kier alpha value is -1.10. The topological polar surface area (TPSA) is 61.8 Å². The van der Waals surface area contributed by atoms with E-state index >= 15 is 0 Å². The molecule has 0 radical (unpaired) electrons. The van der Waals surface area contributed by atoms with Crippen LogP contribution in [0.5, 0.6) is 0 Å². The predicted molar refractivity (Wildman–Crippen MR) is 97.3 cm³/mol. The number of hydrogen-bond acceptors (Lipinski definition) is 5. The van der Waals surface area contributed by atoms with Gasteiger partial charge in [-0.1, -0.05) is 52.9 Å². The molecule has 1 saturated heterocycles. The quantitative estimate of drug-likeness (QED) is 0.278. The van der Waals surface area contributed by atoms with Gasteiger partial charge >= 0.3 is 11.9 Å². The summed E-state index contributed by atoms with van der Waals surface area (Å²) in [6.07, 6.45) is 9.43. The van der Waals surface area contributed by atoms with Crippen molar-refractivity contribution in [3.05, 3.63) is 0 Å². The number of hydrogen-bond donors (Lipinski definition) is 0. The highest BCUT2D eigenvalue weighted by Crippen LogP contribution is 2.30. The van der Waals surface area contributed by atoms with E-state index in [4.69, 9.17) is 14.2 Å². The van der Waals surface area contributed by atoms with Crippen molar-refractivity contribution in [2.24, 2.45) is 5.41 Å². The monoisotopic (exact) mass is 356 g/mol. The number of rotatable bonds is 13. The molecule has 5 heteroatoms. The first-order chi connectivity index (χ1) is 12.1. The molecule has 0 aromatic rings. The summed E-state index contributed by atoms with van der Waals surface area (Å²) in [7, 11) is 0. The van der Waals surface area contributed by atoms with E-state index in [1.165, 1.54) is 25.7 Å². The van der Waals surface area contributed by atoms with Crippen LogP contribution in [0, 0.1) is 5.41 Å². The molecule has 1 rings (SSSR count). The second-order valence-corrected chi connectivity index (χ2v) is 6.93. The van der Waals surface area contributed by atoms with Crippen LogP contribution in [0.3, 0.4) is 0 Å². The van der Waals surface area contributed by atoms with E-state index in [-0.39, 0.29) is 12.7 Å². The number of carbonyl (C=O) groups excluding carboxylic acids is 2. The van der Waals surface area contributed by atoms with Crippen LogP contribution in [0.4, 0.5) is 0 Å². The van der Waals surface area contributed by atoms with Crippen LogP contribution in [0.1, 0.15) is 85.0 Å². The van der Waals surface area contributed by atoms with Crippen LogP contribution in [0.15, 0.2) is 0 Å². The average molecular weight is 357 g/mol. The lowest BCUT2D eigenvalue weighted by atomic mass is 9.82. The summed E-state index contributed by atoms with van der Waals surface area (Å²) in [6, 6.07) is 0. The standard InChI is InChI=1S/C20H36O5/c1-4-7-8-9-10-11-14-24-18(21)20(5-2,6-3)19(22)25-16-17-13-12-15-23-17/h17H,4-16H2,1-3H3. The fourth-order valence-electron chi connectivity index (χ4n) is 3.18. The van der Waals surface area contributed by atoms with Gasteiger partial charge in [0, 0.05) is 6.61 Å². The zero-order valence-corrected chi connectivity index (χ0v) is 16.3. The summed E-state index contributed by atoms with van der Waals surface area (Å²) < 4.78 is 16.3. The van der Waals surface area contributed by atoms with E-state index in [9.17, 15) is 9.59 Å². The lowest BCUT2D eigenvalue weighted by Crippen LogP contribution is -2.42. The molecule has 0 N–H and O–H groups in total. The molecule has 1 atom stereocenters. The SMILES string of the molecule is CCCCCCCCOC(=O)C(CC)(CC)C(=O)OCC1CCCO1. The minimum absolute atomic E-state index is 0.0329. The lowest BCUT2D eigenvalue weighted by molar-refractivity contribution is -0.175. The van der Waals surface area contributed by atoms with Crippen molar-refractivity contribution in [3.8, 4) is 0 Å². The third-order valence-electron chi connectivity index (χ3n) is 5.14. The summed E-state index contributed by atoms with van der Waals surface area (Å²) in [5, 5.41) is 0. The molecule has 0 amide bonds. The zero-order valence-electron chi connectivity index (χ0n) is 16.3. The predicted octanol–water partition coefficient (Wildman–Crippen LogP) is 4.42. The van der Waals surface area contributed by atoms with Gasteiger partial charge in [0.05, 0.1) is 12.7 Å². The highest BCUT2D eigenvalue weighted by Gasteiger charge is 2.46. The maximum atomic E-state index is 12.6. The van der Waals surface area contributed by atoms with Gasteiger partial charge in [-0.2, -0.15) is 0 Å². The summed E-state index contributed by atoms with van der Waals surface area (Å²) in [4.78, 5) is 25.1. The molecule has 1 aliphatic heterocycles. The van der Waals surface area contributed by atoms with E-state index in [2.05, 4.69) is 6.92 Å². The number of ether oxygens (including phenoxy) is 3. The lowest BCUT2D eigenvalue weighted by Gasteiger charge is -2.27. The Morgan fingerprint density at radius 3 is 2.20 bits per heavy atom. The molecular weight excluding hydrogens is 320 g/mol. The van der Waals surface area contributed by atoms with Gasteiger partial charge in [-0.15, -0.1) is 0 Å². The summed E-state index contributed by atoms with van der Waals surface area (Å²) in [5.41, 5.74) is -1.18. The first kappa shape index (κ1) is 21.9. The molecular formula is C20H36O5. The molecule has 1 fully saturated rings. The third-order valence-corrected chi connectivity index (χ3v) is 5.14. The minimum Gasteiger partial charge on any atom is -0.465 e. The largest absolute Gasteiger partial charge is 0.465 e. The molecule has 1 heterocycles. The number of unbranched alkanes of at least 4 members (excludes halogenated alkanes) is 5. The molecule has 0 bridgehead atoms. The van der Waals surface area contributed by atoms with Crippen LogP contribution in [0.2, 0.25) is 0 Å². The van der Waals surface area contributed by atoms with Crippen LogP contribution >= 0.6 is 0 Å². The molecule has 0 aromatic carbocycles. The first-order valence-corrected chi connectivity index (χ1v) is 10.1. The van der Waals surface area contributed by atoms with Gasteiger partial charge in [0.15, 0.2) is 5.41 Å². The Morgan fingerprint density at radius 1 is 0.960 bits per heavy atom. The fourth-order valence-corrected chi connectivity index (χ4v) is 3.18. The summed E-state index contributed by atoms with van der Waals surface area (Å²) >= 11 is 0. The van der Waals surface area contributed by atoms with Crippen molar-refractivity contribution in [1.82, 2.24) is 0 Å². The van der Waals surface area contributed by atoms with Crippen molar-refractivity contribution in [1.29, 1.82) is 0 Å². The molecule has 0 aliphatic carbocycles. The number of esters is 2. The van der Waals surface area contributed by atoms with E-state index in [0.29, 0.717) is 19.4 Å². The van der Waals surface area contributed by atoms with E-state index in [1.807, 2.05) is 13.8 Å². The average Bonchev–Trinajstić information content (AvgIpc) is 3.14. The summed E-state index contributed by atoms with van der Waals surface area (Å²) in [6.45, 7) is 7.19. The van der Waals surface area contributed by atoms with Gasteiger partial charge in [-0.05, 0) is 32.1 Å². The molecule has 0 saturated carbocycles. The van der Waals surface area contributed by atoms with Crippen LogP contribution in [-0.4, -0.2) is 37.9 Å². The Bertz CT molecular complexity index is 384. The summed E-state index contributed by atoms with van der Waals surface area (Å²) in [5.74, 6) is -0.913. The zero-order chi connectivity index (χ0) is 18.5. The molecule has 1 aliphatic rings. The van der Waals surface area contributed by atoms with Crippen LogP contribution in [-0.2, 0) is 23.8 Å². The van der Waals surface area contributed by atoms with Gasteiger partial charge in [0.25, 0.3) is 0 Å². The fraction of sp³-hybridized carbons (Fsp3) is 0.900. The molecule has 25 heavy (non-hydrogen) atoms. The smallest absolute Gasteiger partial charge is 0.323 e. The highest BCUT2D eigenvalue weighted by atomic mass is 16.6. The molecule has 1 unspecified atom stereocenters. The molecule has 0 aromatic heterocycles. The Morgan fingerprint density at radius 2 is 1.60 bits per heavy atom. The van der Waals surface area contributed by atoms with E-state index in [0.717, 1.165) is 32.3 Å². The third kappa shape index (κ3) is 6.96. The van der Waals surface area contributed by atoms with Crippen molar-refractivity contribution >= 4 is 11.9 Å². The van der Waals surface area contributed by atoms with Crippen molar-refractivity contribution in [2.45, 2.75) is 91.1 Å². The van der Waals surface area contributed by atoms with E-state index < -0.39 is 17.4 Å². The van der Waals surface area contributed by atoms with Gasteiger partial charge in [0.1, 0.15) is 6.61 Å². The second-order valence-electron chi connectivity index (χ2n) is 6.93. The van der Waals surface area contributed by atoms with Crippen LogP contribution in [0.25, 0.3) is 0 Å². The van der Waals surface area contributed by atoms with Gasteiger partial charge in [-0.25, -0.2) is 0 Å².